The lowest BCUT2D eigenvalue weighted by Crippen LogP contribution is -2.16. The third-order valence-corrected chi connectivity index (χ3v) is 2.00. The molecule has 2 nitrogen and oxygen atoms in total. The van der Waals surface area contributed by atoms with E-state index in [2.05, 4.69) is 16.6 Å². The lowest BCUT2D eigenvalue weighted by atomic mass is 10.1. The van der Waals surface area contributed by atoms with Crippen LogP contribution in [0.25, 0.3) is 0 Å². The van der Waals surface area contributed by atoms with Gasteiger partial charge in [0.15, 0.2) is 0 Å². The van der Waals surface area contributed by atoms with Gasteiger partial charge in [0.2, 0.25) is 0 Å². The number of hydrogen-bond acceptors (Lipinski definition) is 2. The predicted molar refractivity (Wildman–Crippen MR) is 60.7 cm³/mol. The van der Waals surface area contributed by atoms with Gasteiger partial charge in [-0.25, -0.2) is 0 Å². The summed E-state index contributed by atoms with van der Waals surface area (Å²) in [4.78, 5) is 0. The maximum absolute atomic E-state index is 11.9. The zero-order chi connectivity index (χ0) is 13.4. The van der Waals surface area contributed by atoms with E-state index in [0.29, 0.717) is 17.5 Å². The number of aliphatic hydroxyl groups is 1. The Morgan fingerprint density at radius 2 is 1.94 bits per heavy atom. The molecule has 0 saturated carbocycles. The van der Waals surface area contributed by atoms with Crippen molar-refractivity contribution in [3.63, 3.8) is 0 Å². The zero-order valence-electron chi connectivity index (χ0n) is 9.63. The molecular formula is C13H13F3O2. The molecule has 0 aliphatic heterocycles. The second kappa shape index (κ2) is 7.04. The Balaban J connectivity index is 2.63. The molecule has 0 atom stereocenters. The van der Waals surface area contributed by atoms with Crippen LogP contribution in [0.1, 0.15) is 17.5 Å². The van der Waals surface area contributed by atoms with Gasteiger partial charge in [0.1, 0.15) is 6.61 Å². The molecule has 98 valence electrons. The smallest absolute Gasteiger partial charge is 0.395 e. The average Bonchev–Trinajstić information content (AvgIpc) is 2.30. The molecule has 1 aromatic rings. The molecule has 0 heterocycles. The Morgan fingerprint density at radius 1 is 1.22 bits per heavy atom. The largest absolute Gasteiger partial charge is 0.411 e. The molecule has 0 unspecified atom stereocenters. The third-order valence-electron chi connectivity index (χ3n) is 2.00. The van der Waals surface area contributed by atoms with Crippen LogP contribution in [0.2, 0.25) is 0 Å². The monoisotopic (exact) mass is 258 g/mol. The first-order valence-electron chi connectivity index (χ1n) is 5.35. The molecule has 0 saturated heterocycles. The topological polar surface area (TPSA) is 29.5 Å². The fourth-order valence-electron chi connectivity index (χ4n) is 1.26. The van der Waals surface area contributed by atoms with Gasteiger partial charge in [-0.1, -0.05) is 30.0 Å². The van der Waals surface area contributed by atoms with Gasteiger partial charge in [-0.15, -0.1) is 0 Å². The Labute approximate surface area is 103 Å². The summed E-state index contributed by atoms with van der Waals surface area (Å²) in [7, 11) is 0. The van der Waals surface area contributed by atoms with E-state index in [1.54, 1.807) is 24.3 Å². The molecule has 0 aliphatic rings. The van der Waals surface area contributed by atoms with Crippen molar-refractivity contribution in [2.45, 2.75) is 19.2 Å². The van der Waals surface area contributed by atoms with Gasteiger partial charge >= 0.3 is 6.18 Å². The van der Waals surface area contributed by atoms with Crippen LogP contribution in [0.5, 0.6) is 0 Å². The SMILES string of the molecule is OCCC#Cc1ccccc1COCC(F)(F)F. The lowest BCUT2D eigenvalue weighted by Gasteiger charge is -2.08. The van der Waals surface area contributed by atoms with E-state index in [1.807, 2.05) is 0 Å². The Bertz CT molecular complexity index is 430. The van der Waals surface area contributed by atoms with E-state index in [4.69, 9.17) is 5.11 Å². The molecule has 0 spiro atoms. The van der Waals surface area contributed by atoms with Crippen LogP contribution in [-0.2, 0) is 11.3 Å². The van der Waals surface area contributed by atoms with Crippen molar-refractivity contribution in [2.24, 2.45) is 0 Å². The quantitative estimate of drug-likeness (QED) is 0.841. The van der Waals surface area contributed by atoms with E-state index in [-0.39, 0.29) is 13.2 Å². The Hall–Kier alpha value is -1.51. The number of hydrogen-bond donors (Lipinski definition) is 1. The minimum absolute atomic E-state index is 0.0419. The average molecular weight is 258 g/mol. The molecular weight excluding hydrogens is 245 g/mol. The van der Waals surface area contributed by atoms with Gasteiger partial charge in [0.25, 0.3) is 0 Å². The summed E-state index contributed by atoms with van der Waals surface area (Å²) >= 11 is 0. The number of halogens is 3. The van der Waals surface area contributed by atoms with E-state index in [1.165, 1.54) is 0 Å². The van der Waals surface area contributed by atoms with Crippen LogP contribution in [-0.4, -0.2) is 24.5 Å². The Kier molecular flexibility index (Phi) is 5.69. The molecule has 0 amide bonds. The summed E-state index contributed by atoms with van der Waals surface area (Å²) in [6.45, 7) is -1.45. The van der Waals surface area contributed by atoms with Crippen molar-refractivity contribution in [1.29, 1.82) is 0 Å². The van der Waals surface area contributed by atoms with Gasteiger partial charge in [0, 0.05) is 12.0 Å². The number of ether oxygens (including phenoxy) is 1. The van der Waals surface area contributed by atoms with Crippen molar-refractivity contribution in [3.05, 3.63) is 35.4 Å². The molecule has 0 bridgehead atoms. The third kappa shape index (κ3) is 5.71. The maximum Gasteiger partial charge on any atom is 0.411 e. The highest BCUT2D eigenvalue weighted by Gasteiger charge is 2.27. The van der Waals surface area contributed by atoms with Gasteiger partial charge in [-0.3, -0.25) is 0 Å². The number of rotatable bonds is 4. The van der Waals surface area contributed by atoms with Crippen molar-refractivity contribution in [3.8, 4) is 11.8 Å². The van der Waals surface area contributed by atoms with Crippen LogP contribution >= 0.6 is 0 Å². The van der Waals surface area contributed by atoms with Crippen molar-refractivity contribution in [1.82, 2.24) is 0 Å². The first kappa shape index (κ1) is 14.6. The van der Waals surface area contributed by atoms with Crippen molar-refractivity contribution in [2.75, 3.05) is 13.2 Å². The van der Waals surface area contributed by atoms with Crippen LogP contribution in [0.4, 0.5) is 13.2 Å². The molecule has 0 aromatic heterocycles. The maximum atomic E-state index is 11.9. The molecule has 18 heavy (non-hydrogen) atoms. The number of benzene rings is 1. The second-order valence-corrected chi connectivity index (χ2v) is 3.54. The lowest BCUT2D eigenvalue weighted by molar-refractivity contribution is -0.176. The second-order valence-electron chi connectivity index (χ2n) is 3.54. The molecule has 0 fully saturated rings. The van der Waals surface area contributed by atoms with Crippen LogP contribution < -0.4 is 0 Å². The molecule has 0 radical (unpaired) electrons. The van der Waals surface area contributed by atoms with Gasteiger partial charge in [-0.2, -0.15) is 13.2 Å². The fourth-order valence-corrected chi connectivity index (χ4v) is 1.26. The minimum atomic E-state index is -4.32. The number of aliphatic hydroxyl groups excluding tert-OH is 1. The van der Waals surface area contributed by atoms with Crippen LogP contribution in [0.15, 0.2) is 24.3 Å². The van der Waals surface area contributed by atoms with Gasteiger partial charge < -0.3 is 9.84 Å². The van der Waals surface area contributed by atoms with Gasteiger partial charge in [-0.05, 0) is 11.6 Å². The summed E-state index contributed by atoms with van der Waals surface area (Å²) in [6.07, 6.45) is -3.99. The zero-order valence-corrected chi connectivity index (χ0v) is 9.63. The van der Waals surface area contributed by atoms with Crippen molar-refractivity contribution >= 4 is 0 Å². The summed E-state index contributed by atoms with van der Waals surface area (Å²) in [5, 5.41) is 8.59. The Morgan fingerprint density at radius 3 is 2.61 bits per heavy atom. The summed E-state index contributed by atoms with van der Waals surface area (Å²) < 4.78 is 40.4. The first-order chi connectivity index (χ1) is 8.53. The first-order valence-corrected chi connectivity index (χ1v) is 5.35. The minimum Gasteiger partial charge on any atom is -0.395 e. The van der Waals surface area contributed by atoms with Crippen LogP contribution in [0.3, 0.4) is 0 Å². The highest BCUT2D eigenvalue weighted by molar-refractivity contribution is 5.40. The van der Waals surface area contributed by atoms with E-state index in [0.717, 1.165) is 0 Å². The van der Waals surface area contributed by atoms with E-state index in [9.17, 15) is 13.2 Å². The summed E-state index contributed by atoms with van der Waals surface area (Å²) in [5.41, 5.74) is 1.22. The summed E-state index contributed by atoms with van der Waals surface area (Å²) in [5.74, 6) is 5.51. The molecule has 5 heteroatoms. The summed E-state index contributed by atoms with van der Waals surface area (Å²) in [6, 6.07) is 6.83. The fraction of sp³-hybridized carbons (Fsp3) is 0.385. The highest BCUT2D eigenvalue weighted by atomic mass is 19.4. The van der Waals surface area contributed by atoms with E-state index < -0.39 is 12.8 Å². The molecule has 0 aliphatic carbocycles. The van der Waals surface area contributed by atoms with Gasteiger partial charge in [0.05, 0.1) is 13.2 Å². The van der Waals surface area contributed by atoms with E-state index >= 15 is 0 Å². The molecule has 1 rings (SSSR count). The molecule has 1 aromatic carbocycles. The normalized spacial score (nSPS) is 10.9. The van der Waals surface area contributed by atoms with Crippen LogP contribution in [0, 0.1) is 11.8 Å². The standard InChI is InChI=1S/C13H13F3O2/c14-13(15,16)10-18-9-12-7-2-1-5-11(12)6-3-4-8-17/h1-2,5,7,17H,4,8-10H2. The number of alkyl halides is 3. The van der Waals surface area contributed by atoms with Crippen molar-refractivity contribution < 1.29 is 23.0 Å². The predicted octanol–water partition coefficient (Wildman–Crippen LogP) is 2.50. The molecule has 1 N–H and O–H groups in total. The highest BCUT2D eigenvalue weighted by Crippen LogP contribution is 2.16.